The topological polar surface area (TPSA) is 84.7 Å². The molecule has 1 N–H and O–H groups in total. The minimum Gasteiger partial charge on any atom is -0.469 e. The number of carbonyl (C=O) groups is 2. The van der Waals surface area contributed by atoms with Gasteiger partial charge >= 0.3 is 12.1 Å². The number of ether oxygens (including phenoxy) is 1. The van der Waals surface area contributed by atoms with Crippen molar-refractivity contribution in [3.05, 3.63) is 59.4 Å². The normalized spacial score (nSPS) is 22.1. The van der Waals surface area contributed by atoms with Gasteiger partial charge in [-0.05, 0) is 63.1 Å². The van der Waals surface area contributed by atoms with E-state index in [4.69, 9.17) is 9.72 Å². The molecule has 0 radical (unpaired) electrons. The first kappa shape index (κ1) is 23.4. The van der Waals surface area contributed by atoms with Crippen molar-refractivity contribution in [3.63, 3.8) is 0 Å². The number of anilines is 1. The Morgan fingerprint density at radius 1 is 1.09 bits per heavy atom. The molecule has 2 unspecified atom stereocenters. The summed E-state index contributed by atoms with van der Waals surface area (Å²) in [6.45, 7) is 1.96. The number of benzene rings is 2. The number of rotatable bonds is 5. The summed E-state index contributed by atoms with van der Waals surface area (Å²) in [5, 5.41) is 9.86. The zero-order chi connectivity index (χ0) is 24.5. The maximum Gasteiger partial charge on any atom is 0.412 e. The van der Waals surface area contributed by atoms with Crippen LogP contribution >= 0.6 is 0 Å². The first-order chi connectivity index (χ1) is 17.0. The lowest BCUT2D eigenvalue weighted by Crippen LogP contribution is -2.41. The number of amides is 1. The molecule has 3 atom stereocenters. The molecule has 35 heavy (non-hydrogen) atoms. The van der Waals surface area contributed by atoms with E-state index in [1.807, 2.05) is 25.1 Å². The van der Waals surface area contributed by atoms with Gasteiger partial charge in [0.1, 0.15) is 5.82 Å². The Bertz CT molecular complexity index is 1240. The predicted molar refractivity (Wildman–Crippen MR) is 135 cm³/mol. The van der Waals surface area contributed by atoms with Crippen LogP contribution in [0, 0.1) is 5.92 Å². The first-order valence-electron chi connectivity index (χ1n) is 12.6. The Labute approximate surface area is 205 Å². The van der Waals surface area contributed by atoms with Gasteiger partial charge in [0.15, 0.2) is 0 Å². The molecule has 2 heterocycles. The molecule has 7 nitrogen and oxygen atoms in total. The molecule has 1 aliphatic carbocycles. The fourth-order valence-electron chi connectivity index (χ4n) is 6.00. The summed E-state index contributed by atoms with van der Waals surface area (Å²) in [6.07, 6.45) is 5.88. The van der Waals surface area contributed by atoms with Crippen LogP contribution in [0.4, 0.5) is 10.5 Å². The molecule has 184 valence electrons. The van der Waals surface area contributed by atoms with Crippen molar-refractivity contribution in [2.75, 3.05) is 12.0 Å². The first-order valence-corrected chi connectivity index (χ1v) is 12.6. The predicted octanol–water partition coefficient (Wildman–Crippen LogP) is 5.54. The van der Waals surface area contributed by atoms with Crippen molar-refractivity contribution in [1.82, 2.24) is 9.55 Å². The molecule has 0 bridgehead atoms. The highest BCUT2D eigenvalue weighted by Crippen LogP contribution is 2.40. The lowest BCUT2D eigenvalue weighted by Gasteiger charge is -2.33. The number of methoxy groups -OCH3 is 1. The quantitative estimate of drug-likeness (QED) is 0.490. The van der Waals surface area contributed by atoms with E-state index in [2.05, 4.69) is 28.8 Å². The number of hydrogen-bond acceptors (Lipinski definition) is 4. The van der Waals surface area contributed by atoms with Gasteiger partial charge in [0.2, 0.25) is 0 Å². The van der Waals surface area contributed by atoms with Crippen LogP contribution in [-0.2, 0) is 28.8 Å². The number of fused-ring (bicyclic) bond motifs is 3. The molecule has 2 aromatic carbocycles. The number of aromatic nitrogens is 2. The van der Waals surface area contributed by atoms with Gasteiger partial charge in [-0.25, -0.2) is 9.78 Å². The molecule has 0 spiro atoms. The van der Waals surface area contributed by atoms with E-state index < -0.39 is 6.09 Å². The number of hydrogen-bond donors (Lipinski definition) is 1. The number of aryl methyl sites for hydroxylation is 3. The van der Waals surface area contributed by atoms with Crippen molar-refractivity contribution >= 4 is 28.8 Å². The van der Waals surface area contributed by atoms with E-state index >= 15 is 0 Å². The van der Waals surface area contributed by atoms with Gasteiger partial charge in [0.05, 0.1) is 29.7 Å². The number of esters is 1. The molecule has 5 rings (SSSR count). The van der Waals surface area contributed by atoms with Crippen molar-refractivity contribution in [2.24, 2.45) is 5.92 Å². The molecule has 1 saturated carbocycles. The number of imidazole rings is 1. The van der Waals surface area contributed by atoms with Crippen molar-refractivity contribution in [1.29, 1.82) is 0 Å². The van der Waals surface area contributed by atoms with E-state index in [0.717, 1.165) is 79.5 Å². The molecular formula is C28H33N3O4. The van der Waals surface area contributed by atoms with Gasteiger partial charge < -0.3 is 14.4 Å². The smallest absolute Gasteiger partial charge is 0.412 e. The van der Waals surface area contributed by atoms with Crippen LogP contribution in [-0.4, -0.2) is 39.9 Å². The zero-order valence-electron chi connectivity index (χ0n) is 20.4. The number of carbonyl (C=O) groups excluding carboxylic acids is 1. The van der Waals surface area contributed by atoms with Crippen LogP contribution in [0.15, 0.2) is 42.5 Å². The Kier molecular flexibility index (Phi) is 6.50. The average molecular weight is 476 g/mol. The van der Waals surface area contributed by atoms with Gasteiger partial charge in [-0.1, -0.05) is 36.8 Å². The van der Waals surface area contributed by atoms with Crippen molar-refractivity contribution in [3.8, 4) is 0 Å². The highest BCUT2D eigenvalue weighted by molar-refractivity contribution is 5.94. The lowest BCUT2D eigenvalue weighted by atomic mass is 9.85. The maximum absolute atomic E-state index is 12.4. The van der Waals surface area contributed by atoms with Crippen molar-refractivity contribution < 1.29 is 19.4 Å². The molecule has 1 aromatic heterocycles. The van der Waals surface area contributed by atoms with Crippen LogP contribution in [0.2, 0.25) is 0 Å². The molecule has 3 aromatic rings. The second kappa shape index (κ2) is 9.72. The van der Waals surface area contributed by atoms with Gasteiger partial charge in [-0.15, -0.1) is 0 Å². The third-order valence-corrected chi connectivity index (χ3v) is 7.76. The Morgan fingerprint density at radius 3 is 2.63 bits per heavy atom. The summed E-state index contributed by atoms with van der Waals surface area (Å²) in [5.41, 5.74) is 4.98. The summed E-state index contributed by atoms with van der Waals surface area (Å²) >= 11 is 0. The van der Waals surface area contributed by atoms with Gasteiger partial charge in [-0.3, -0.25) is 9.69 Å². The van der Waals surface area contributed by atoms with Gasteiger partial charge in [-0.2, -0.15) is 0 Å². The molecule has 1 fully saturated rings. The summed E-state index contributed by atoms with van der Waals surface area (Å²) in [7, 11) is 1.46. The van der Waals surface area contributed by atoms with E-state index in [1.54, 1.807) is 0 Å². The second-order valence-electron chi connectivity index (χ2n) is 9.90. The SMILES string of the molecule is COC(=O)C1CCCC(n2c(CCc3ccccc3)nc3c4c(ccc32)N(C(=O)O)[C@@H](C)CC4)C1. The van der Waals surface area contributed by atoms with Crippen LogP contribution < -0.4 is 4.90 Å². The van der Waals surface area contributed by atoms with E-state index in [-0.39, 0.29) is 24.0 Å². The summed E-state index contributed by atoms with van der Waals surface area (Å²) in [4.78, 5) is 31.0. The van der Waals surface area contributed by atoms with Crippen LogP contribution in [0.1, 0.15) is 62.0 Å². The summed E-state index contributed by atoms with van der Waals surface area (Å²) in [5.74, 6) is 0.779. The summed E-state index contributed by atoms with van der Waals surface area (Å²) < 4.78 is 7.42. The Hall–Kier alpha value is -3.35. The highest BCUT2D eigenvalue weighted by atomic mass is 16.5. The zero-order valence-corrected chi connectivity index (χ0v) is 20.4. The fourth-order valence-corrected chi connectivity index (χ4v) is 6.00. The van der Waals surface area contributed by atoms with Crippen LogP contribution in [0.5, 0.6) is 0 Å². The minimum atomic E-state index is -0.922. The van der Waals surface area contributed by atoms with Gasteiger partial charge in [0, 0.05) is 24.1 Å². The Balaban J connectivity index is 1.59. The molecule has 2 aliphatic rings. The van der Waals surface area contributed by atoms with Crippen LogP contribution in [0.3, 0.4) is 0 Å². The number of nitrogens with zero attached hydrogens (tertiary/aromatic N) is 3. The van der Waals surface area contributed by atoms with Gasteiger partial charge in [0.25, 0.3) is 0 Å². The standard InChI is InChI=1S/C28H33N3O4/c1-18-11-13-22-23(30(18)28(33)34)14-15-24-26(22)29-25(16-12-19-7-4-3-5-8-19)31(24)21-10-6-9-20(17-21)27(32)35-2/h3-5,7-8,14-15,18,20-21H,6,9-13,16-17H2,1-2H3,(H,33,34)/t18-,20?,21?/m0/s1. The third-order valence-electron chi connectivity index (χ3n) is 7.76. The molecule has 1 amide bonds. The molecule has 0 saturated heterocycles. The maximum atomic E-state index is 12.4. The molecule has 7 heteroatoms. The second-order valence-corrected chi connectivity index (χ2v) is 9.90. The third kappa shape index (κ3) is 4.40. The Morgan fingerprint density at radius 2 is 1.89 bits per heavy atom. The monoisotopic (exact) mass is 475 g/mol. The van der Waals surface area contributed by atoms with Crippen LogP contribution in [0.25, 0.3) is 11.0 Å². The van der Waals surface area contributed by atoms with E-state index in [1.165, 1.54) is 17.6 Å². The summed E-state index contributed by atoms with van der Waals surface area (Å²) in [6, 6.07) is 14.5. The largest absolute Gasteiger partial charge is 0.469 e. The fraction of sp³-hybridized carbons (Fsp3) is 0.464. The van der Waals surface area contributed by atoms with Crippen molar-refractivity contribution in [2.45, 2.75) is 70.4 Å². The molecular weight excluding hydrogens is 442 g/mol. The van der Waals surface area contributed by atoms with E-state index in [9.17, 15) is 14.7 Å². The van der Waals surface area contributed by atoms with E-state index in [0.29, 0.717) is 0 Å². The lowest BCUT2D eigenvalue weighted by molar-refractivity contribution is -0.147. The highest BCUT2D eigenvalue weighted by Gasteiger charge is 2.34. The average Bonchev–Trinajstić information content (AvgIpc) is 3.26. The molecule has 1 aliphatic heterocycles. The minimum absolute atomic E-state index is 0.0590. The number of carboxylic acid groups (broad SMARTS) is 1.